The van der Waals surface area contributed by atoms with Crippen molar-refractivity contribution in [1.82, 2.24) is 4.90 Å². The minimum absolute atomic E-state index is 0.408. The lowest BCUT2D eigenvalue weighted by molar-refractivity contribution is -0.0175. The van der Waals surface area contributed by atoms with Gasteiger partial charge >= 0.3 is 0 Å². The SMILES string of the molecule is CO[C@@H]1CCN(CC2CCOCC2)C[C@H]1Cc1ccccc1. The van der Waals surface area contributed by atoms with E-state index in [-0.39, 0.29) is 0 Å². The predicted octanol–water partition coefficient (Wildman–Crippen LogP) is 2.99. The van der Waals surface area contributed by atoms with Crippen LogP contribution >= 0.6 is 0 Å². The highest BCUT2D eigenvalue weighted by molar-refractivity contribution is 5.15. The van der Waals surface area contributed by atoms with Crippen LogP contribution < -0.4 is 0 Å². The number of methoxy groups -OCH3 is 1. The second-order valence-electron chi connectivity index (χ2n) is 6.83. The first kappa shape index (κ1) is 16.0. The van der Waals surface area contributed by atoms with Crippen LogP contribution in [0.25, 0.3) is 0 Å². The molecule has 2 fully saturated rings. The smallest absolute Gasteiger partial charge is 0.0627 e. The van der Waals surface area contributed by atoms with Crippen molar-refractivity contribution >= 4 is 0 Å². The Morgan fingerprint density at radius 1 is 1.14 bits per heavy atom. The summed E-state index contributed by atoms with van der Waals surface area (Å²) in [6.45, 7) is 5.50. The van der Waals surface area contributed by atoms with Crippen molar-refractivity contribution in [2.24, 2.45) is 11.8 Å². The van der Waals surface area contributed by atoms with E-state index in [0.717, 1.165) is 32.0 Å². The zero-order chi connectivity index (χ0) is 15.2. The Morgan fingerprint density at radius 3 is 2.64 bits per heavy atom. The van der Waals surface area contributed by atoms with Gasteiger partial charge in [0.15, 0.2) is 0 Å². The molecule has 2 heterocycles. The normalized spacial score (nSPS) is 27.9. The molecule has 0 saturated carbocycles. The Hall–Kier alpha value is -0.900. The number of likely N-dealkylation sites (tertiary alicyclic amines) is 1. The third-order valence-electron chi connectivity index (χ3n) is 5.25. The number of rotatable bonds is 5. The number of nitrogens with zero attached hydrogens (tertiary/aromatic N) is 1. The van der Waals surface area contributed by atoms with E-state index in [1.54, 1.807) is 0 Å². The maximum atomic E-state index is 5.77. The van der Waals surface area contributed by atoms with E-state index in [4.69, 9.17) is 9.47 Å². The van der Waals surface area contributed by atoms with Crippen molar-refractivity contribution in [3.05, 3.63) is 35.9 Å². The molecule has 2 atom stereocenters. The largest absolute Gasteiger partial charge is 0.381 e. The minimum Gasteiger partial charge on any atom is -0.381 e. The molecule has 0 spiro atoms. The molecule has 3 rings (SSSR count). The monoisotopic (exact) mass is 303 g/mol. The van der Waals surface area contributed by atoms with Crippen LogP contribution in [0.1, 0.15) is 24.8 Å². The Morgan fingerprint density at radius 2 is 1.91 bits per heavy atom. The van der Waals surface area contributed by atoms with Gasteiger partial charge in [-0.1, -0.05) is 30.3 Å². The van der Waals surface area contributed by atoms with Gasteiger partial charge in [0.05, 0.1) is 6.10 Å². The second-order valence-corrected chi connectivity index (χ2v) is 6.83. The summed E-state index contributed by atoms with van der Waals surface area (Å²) in [7, 11) is 1.87. The van der Waals surface area contributed by atoms with Gasteiger partial charge in [0.2, 0.25) is 0 Å². The molecule has 0 N–H and O–H groups in total. The Kier molecular flexibility index (Phi) is 5.88. The molecule has 1 aromatic carbocycles. The van der Waals surface area contributed by atoms with Gasteiger partial charge in [-0.2, -0.15) is 0 Å². The van der Waals surface area contributed by atoms with Crippen LogP contribution in [-0.2, 0) is 15.9 Å². The van der Waals surface area contributed by atoms with Gasteiger partial charge in [0.1, 0.15) is 0 Å². The third-order valence-corrected chi connectivity index (χ3v) is 5.25. The fourth-order valence-corrected chi connectivity index (χ4v) is 3.97. The van der Waals surface area contributed by atoms with Crippen LogP contribution in [0.15, 0.2) is 30.3 Å². The standard InChI is InChI=1S/C19H29NO2/c1-21-19-7-10-20(14-17-8-11-22-12-9-17)15-18(19)13-16-5-3-2-4-6-16/h2-6,17-19H,7-15H2,1H3/t18-,19-/m1/s1. The fraction of sp³-hybridized carbons (Fsp3) is 0.684. The van der Waals surface area contributed by atoms with Crippen LogP contribution in [0.5, 0.6) is 0 Å². The van der Waals surface area contributed by atoms with Crippen molar-refractivity contribution in [2.45, 2.75) is 31.8 Å². The van der Waals surface area contributed by atoms with Gasteiger partial charge in [0.25, 0.3) is 0 Å². The number of ether oxygens (including phenoxy) is 2. The maximum Gasteiger partial charge on any atom is 0.0627 e. The molecule has 3 nitrogen and oxygen atoms in total. The zero-order valence-electron chi connectivity index (χ0n) is 13.7. The summed E-state index contributed by atoms with van der Waals surface area (Å²) < 4.78 is 11.3. The Balaban J connectivity index is 1.57. The van der Waals surface area contributed by atoms with Gasteiger partial charge in [-0.05, 0) is 37.2 Å². The molecule has 1 aromatic rings. The first-order valence-electron chi connectivity index (χ1n) is 8.72. The lowest BCUT2D eigenvalue weighted by Crippen LogP contribution is -2.46. The Labute approximate surface area is 134 Å². The first-order chi connectivity index (χ1) is 10.8. The molecule has 0 amide bonds. The topological polar surface area (TPSA) is 21.7 Å². The molecule has 22 heavy (non-hydrogen) atoms. The molecule has 3 heteroatoms. The maximum absolute atomic E-state index is 5.77. The number of hydrogen-bond acceptors (Lipinski definition) is 3. The Bertz CT molecular complexity index is 430. The average molecular weight is 303 g/mol. The molecule has 0 bridgehead atoms. The number of benzene rings is 1. The van der Waals surface area contributed by atoms with Gasteiger partial charge in [-0.25, -0.2) is 0 Å². The van der Waals surface area contributed by atoms with Gasteiger partial charge < -0.3 is 14.4 Å². The quantitative estimate of drug-likeness (QED) is 0.835. The van der Waals surface area contributed by atoms with E-state index in [9.17, 15) is 0 Å². The molecule has 0 aliphatic carbocycles. The highest BCUT2D eigenvalue weighted by atomic mass is 16.5. The first-order valence-corrected chi connectivity index (χ1v) is 8.72. The van der Waals surface area contributed by atoms with E-state index >= 15 is 0 Å². The lowest BCUT2D eigenvalue weighted by atomic mass is 9.87. The van der Waals surface area contributed by atoms with Gasteiger partial charge in [-0.15, -0.1) is 0 Å². The van der Waals surface area contributed by atoms with Crippen molar-refractivity contribution in [2.75, 3.05) is 40.0 Å². The van der Waals surface area contributed by atoms with Crippen molar-refractivity contribution < 1.29 is 9.47 Å². The van der Waals surface area contributed by atoms with Crippen LogP contribution in [0, 0.1) is 11.8 Å². The molecule has 2 aliphatic heterocycles. The summed E-state index contributed by atoms with van der Waals surface area (Å²) in [6.07, 6.45) is 5.16. The van der Waals surface area contributed by atoms with Crippen LogP contribution in [-0.4, -0.2) is 51.0 Å². The summed E-state index contributed by atoms with van der Waals surface area (Å²) in [6, 6.07) is 10.9. The molecule has 2 saturated heterocycles. The van der Waals surface area contributed by atoms with Crippen LogP contribution in [0.3, 0.4) is 0 Å². The van der Waals surface area contributed by atoms with E-state index in [0.29, 0.717) is 12.0 Å². The molecule has 0 aromatic heterocycles. The summed E-state index contributed by atoms with van der Waals surface area (Å²) in [5, 5.41) is 0. The summed E-state index contributed by atoms with van der Waals surface area (Å²) >= 11 is 0. The second kappa shape index (κ2) is 8.09. The average Bonchev–Trinajstić information content (AvgIpc) is 2.57. The van der Waals surface area contributed by atoms with Crippen molar-refractivity contribution in [3.63, 3.8) is 0 Å². The van der Waals surface area contributed by atoms with Crippen molar-refractivity contribution in [3.8, 4) is 0 Å². The molecule has 122 valence electrons. The van der Waals surface area contributed by atoms with Gasteiger partial charge in [0, 0.05) is 45.9 Å². The molecular formula is C19H29NO2. The third kappa shape index (κ3) is 4.31. The molecule has 0 radical (unpaired) electrons. The highest BCUT2D eigenvalue weighted by Crippen LogP contribution is 2.26. The lowest BCUT2D eigenvalue weighted by Gasteiger charge is -2.40. The predicted molar refractivity (Wildman–Crippen MR) is 89.0 cm³/mol. The zero-order valence-corrected chi connectivity index (χ0v) is 13.7. The van der Waals surface area contributed by atoms with E-state index in [1.165, 1.54) is 38.0 Å². The van der Waals surface area contributed by atoms with E-state index in [1.807, 2.05) is 7.11 Å². The summed E-state index contributed by atoms with van der Waals surface area (Å²) in [4.78, 5) is 2.67. The summed E-state index contributed by atoms with van der Waals surface area (Å²) in [5.74, 6) is 1.44. The van der Waals surface area contributed by atoms with E-state index < -0.39 is 0 Å². The highest BCUT2D eigenvalue weighted by Gasteiger charge is 2.30. The molecule has 2 aliphatic rings. The van der Waals surface area contributed by atoms with E-state index in [2.05, 4.69) is 35.2 Å². The number of hydrogen-bond donors (Lipinski definition) is 0. The summed E-state index contributed by atoms with van der Waals surface area (Å²) in [5.41, 5.74) is 1.43. The van der Waals surface area contributed by atoms with Crippen LogP contribution in [0.4, 0.5) is 0 Å². The van der Waals surface area contributed by atoms with Crippen LogP contribution in [0.2, 0.25) is 0 Å². The fourth-order valence-electron chi connectivity index (χ4n) is 3.97. The molecule has 0 unspecified atom stereocenters. The molecular weight excluding hydrogens is 274 g/mol. The minimum atomic E-state index is 0.408. The number of piperidine rings is 1. The van der Waals surface area contributed by atoms with Crippen molar-refractivity contribution in [1.29, 1.82) is 0 Å². The van der Waals surface area contributed by atoms with Gasteiger partial charge in [-0.3, -0.25) is 0 Å².